The number of para-hydroxylation sites is 1. The van der Waals surface area contributed by atoms with Gasteiger partial charge in [-0.25, -0.2) is 0 Å². The zero-order valence-corrected chi connectivity index (χ0v) is 8.80. The Morgan fingerprint density at radius 3 is 2.73 bits per heavy atom. The molecule has 1 atom stereocenters. The molecule has 0 fully saturated rings. The molecule has 1 unspecified atom stereocenters. The van der Waals surface area contributed by atoms with Crippen LogP contribution in [0.2, 0.25) is 0 Å². The molecule has 3 heteroatoms. The molecule has 82 valence electrons. The van der Waals surface area contributed by atoms with E-state index in [4.69, 9.17) is 9.47 Å². The number of ether oxygens (including phenoxy) is 2. The third kappa shape index (κ3) is 5.08. The second-order valence-corrected chi connectivity index (χ2v) is 3.01. The van der Waals surface area contributed by atoms with Crippen molar-refractivity contribution in [1.82, 2.24) is 0 Å². The van der Waals surface area contributed by atoms with Crippen molar-refractivity contribution in [1.29, 1.82) is 0 Å². The van der Waals surface area contributed by atoms with Crippen molar-refractivity contribution in [2.75, 3.05) is 6.61 Å². The van der Waals surface area contributed by atoms with Crippen LogP contribution in [0.5, 0.6) is 5.75 Å². The molecule has 1 aromatic carbocycles. The van der Waals surface area contributed by atoms with Crippen molar-refractivity contribution in [3.8, 4) is 5.75 Å². The minimum absolute atomic E-state index is 0.433. The van der Waals surface area contributed by atoms with Gasteiger partial charge in [0.2, 0.25) is 0 Å². The summed E-state index contributed by atoms with van der Waals surface area (Å²) in [6.07, 6.45) is 2.83. The monoisotopic (exact) mass is 208 g/mol. The fraction of sp³-hybridized carbons (Fsp3) is 0.333. The van der Waals surface area contributed by atoms with Crippen LogP contribution in [0.25, 0.3) is 0 Å². The molecule has 0 radical (unpaired) electrons. The predicted molar refractivity (Wildman–Crippen MR) is 58.5 cm³/mol. The van der Waals surface area contributed by atoms with Crippen LogP contribution in [0.4, 0.5) is 0 Å². The van der Waals surface area contributed by atoms with Crippen LogP contribution in [0, 0.1) is 0 Å². The first-order chi connectivity index (χ1) is 7.33. The van der Waals surface area contributed by atoms with Crippen molar-refractivity contribution in [2.24, 2.45) is 0 Å². The Labute approximate surface area is 90.0 Å². The van der Waals surface area contributed by atoms with Gasteiger partial charge in [-0.3, -0.25) is 0 Å². The number of benzene rings is 1. The van der Waals surface area contributed by atoms with Crippen LogP contribution in [-0.2, 0) is 4.74 Å². The second kappa shape index (κ2) is 6.90. The molecule has 3 nitrogen and oxygen atoms in total. The van der Waals surface area contributed by atoms with Crippen molar-refractivity contribution >= 4 is 0 Å². The van der Waals surface area contributed by atoms with E-state index < -0.39 is 6.29 Å². The van der Waals surface area contributed by atoms with Gasteiger partial charge in [0, 0.05) is 6.42 Å². The van der Waals surface area contributed by atoms with Crippen molar-refractivity contribution in [3.05, 3.63) is 42.7 Å². The SMILES string of the molecule is CC=COC(O)CCOc1ccccc1. The Bertz CT molecular complexity index is 282. The van der Waals surface area contributed by atoms with E-state index in [0.717, 1.165) is 5.75 Å². The molecular weight excluding hydrogens is 192 g/mol. The van der Waals surface area contributed by atoms with E-state index in [2.05, 4.69) is 0 Å². The Morgan fingerprint density at radius 2 is 2.07 bits per heavy atom. The number of hydrogen-bond acceptors (Lipinski definition) is 3. The van der Waals surface area contributed by atoms with Gasteiger partial charge in [-0.2, -0.15) is 0 Å². The van der Waals surface area contributed by atoms with Crippen LogP contribution in [-0.4, -0.2) is 18.0 Å². The molecule has 0 heterocycles. The summed E-state index contributed by atoms with van der Waals surface area (Å²) in [6, 6.07) is 9.49. The van der Waals surface area contributed by atoms with Gasteiger partial charge in [-0.1, -0.05) is 24.3 Å². The van der Waals surface area contributed by atoms with Crippen LogP contribution in [0.3, 0.4) is 0 Å². The normalized spacial score (nSPS) is 12.7. The molecular formula is C12H16O3. The number of rotatable bonds is 6. The number of aliphatic hydroxyl groups excluding tert-OH is 1. The summed E-state index contributed by atoms with van der Waals surface area (Å²) in [6.45, 7) is 2.26. The predicted octanol–water partition coefficient (Wildman–Crippen LogP) is 2.32. The lowest BCUT2D eigenvalue weighted by molar-refractivity contribution is -0.0623. The van der Waals surface area contributed by atoms with E-state index >= 15 is 0 Å². The first kappa shape index (κ1) is 11.6. The fourth-order valence-electron chi connectivity index (χ4n) is 1.03. The molecule has 0 aliphatic carbocycles. The first-order valence-electron chi connectivity index (χ1n) is 4.95. The highest BCUT2D eigenvalue weighted by atomic mass is 16.6. The lowest BCUT2D eigenvalue weighted by atomic mass is 10.3. The summed E-state index contributed by atoms with van der Waals surface area (Å²) >= 11 is 0. The molecule has 0 aliphatic rings. The molecule has 0 aliphatic heterocycles. The highest BCUT2D eigenvalue weighted by Crippen LogP contribution is 2.09. The summed E-state index contributed by atoms with van der Waals surface area (Å²) in [5.74, 6) is 0.802. The lowest BCUT2D eigenvalue weighted by Crippen LogP contribution is -2.13. The second-order valence-electron chi connectivity index (χ2n) is 3.01. The quantitative estimate of drug-likeness (QED) is 0.576. The van der Waals surface area contributed by atoms with Crippen LogP contribution < -0.4 is 4.74 Å². The Hall–Kier alpha value is -1.48. The third-order valence-electron chi connectivity index (χ3n) is 1.75. The van der Waals surface area contributed by atoms with Gasteiger partial charge in [-0.05, 0) is 19.1 Å². The minimum Gasteiger partial charge on any atom is -0.493 e. The summed E-state index contributed by atoms with van der Waals surface area (Å²) in [4.78, 5) is 0. The van der Waals surface area contributed by atoms with Gasteiger partial charge in [0.1, 0.15) is 5.75 Å². The topological polar surface area (TPSA) is 38.7 Å². The Kier molecular flexibility index (Phi) is 5.33. The minimum atomic E-state index is -0.801. The third-order valence-corrected chi connectivity index (χ3v) is 1.75. The van der Waals surface area contributed by atoms with E-state index in [1.54, 1.807) is 6.08 Å². The fourth-order valence-corrected chi connectivity index (χ4v) is 1.03. The summed E-state index contributed by atoms with van der Waals surface area (Å²) < 4.78 is 10.3. The van der Waals surface area contributed by atoms with E-state index in [-0.39, 0.29) is 0 Å². The molecule has 0 aromatic heterocycles. The molecule has 1 N–H and O–H groups in total. The van der Waals surface area contributed by atoms with E-state index in [9.17, 15) is 5.11 Å². The van der Waals surface area contributed by atoms with Crippen molar-refractivity contribution < 1.29 is 14.6 Å². The molecule has 0 amide bonds. The average molecular weight is 208 g/mol. The standard InChI is InChI=1S/C12H16O3/c1-2-9-15-12(13)8-10-14-11-6-4-3-5-7-11/h2-7,9,12-13H,8,10H2,1H3. The highest BCUT2D eigenvalue weighted by molar-refractivity contribution is 5.20. The maximum atomic E-state index is 9.30. The average Bonchev–Trinajstić information content (AvgIpc) is 2.28. The summed E-state index contributed by atoms with van der Waals surface area (Å²) in [5, 5.41) is 9.30. The molecule has 0 bridgehead atoms. The summed E-state index contributed by atoms with van der Waals surface area (Å²) in [5.41, 5.74) is 0. The first-order valence-corrected chi connectivity index (χ1v) is 4.95. The van der Waals surface area contributed by atoms with Gasteiger partial charge < -0.3 is 14.6 Å². The Balaban J connectivity index is 2.16. The van der Waals surface area contributed by atoms with Crippen molar-refractivity contribution in [3.63, 3.8) is 0 Å². The zero-order valence-electron chi connectivity index (χ0n) is 8.80. The number of allylic oxidation sites excluding steroid dienone is 1. The van der Waals surface area contributed by atoms with Gasteiger partial charge in [0.25, 0.3) is 0 Å². The summed E-state index contributed by atoms with van der Waals surface area (Å²) in [7, 11) is 0. The van der Waals surface area contributed by atoms with Gasteiger partial charge in [0.05, 0.1) is 12.9 Å². The maximum Gasteiger partial charge on any atom is 0.199 e. The van der Waals surface area contributed by atoms with E-state index in [1.165, 1.54) is 6.26 Å². The molecule has 1 aromatic rings. The Morgan fingerprint density at radius 1 is 1.33 bits per heavy atom. The van der Waals surface area contributed by atoms with E-state index in [1.807, 2.05) is 37.3 Å². The van der Waals surface area contributed by atoms with Crippen LogP contribution in [0.1, 0.15) is 13.3 Å². The molecule has 1 rings (SSSR count). The van der Waals surface area contributed by atoms with Crippen LogP contribution >= 0.6 is 0 Å². The van der Waals surface area contributed by atoms with Gasteiger partial charge in [0.15, 0.2) is 6.29 Å². The lowest BCUT2D eigenvalue weighted by Gasteiger charge is -2.10. The number of hydrogen-bond donors (Lipinski definition) is 1. The molecule has 15 heavy (non-hydrogen) atoms. The molecule has 0 saturated carbocycles. The van der Waals surface area contributed by atoms with Gasteiger partial charge >= 0.3 is 0 Å². The van der Waals surface area contributed by atoms with Crippen LogP contribution in [0.15, 0.2) is 42.7 Å². The van der Waals surface area contributed by atoms with Gasteiger partial charge in [-0.15, -0.1) is 0 Å². The van der Waals surface area contributed by atoms with E-state index in [0.29, 0.717) is 13.0 Å². The smallest absolute Gasteiger partial charge is 0.199 e. The molecule has 0 saturated heterocycles. The molecule has 0 spiro atoms. The van der Waals surface area contributed by atoms with Crippen molar-refractivity contribution in [2.45, 2.75) is 19.6 Å². The zero-order chi connectivity index (χ0) is 10.9. The number of aliphatic hydroxyl groups is 1. The largest absolute Gasteiger partial charge is 0.493 e. The highest BCUT2D eigenvalue weighted by Gasteiger charge is 2.02. The maximum absolute atomic E-state index is 9.30.